The van der Waals surface area contributed by atoms with Crippen molar-refractivity contribution >= 4 is 23.4 Å². The molecule has 1 aromatic carbocycles. The van der Waals surface area contributed by atoms with Crippen molar-refractivity contribution in [3.05, 3.63) is 29.0 Å². The highest BCUT2D eigenvalue weighted by molar-refractivity contribution is 6.30. The Bertz CT molecular complexity index is 908. The third-order valence-electron chi connectivity index (χ3n) is 8.36. The molecule has 2 atom stereocenters. The second kappa shape index (κ2) is 9.06. The van der Waals surface area contributed by atoms with Crippen molar-refractivity contribution in [3.63, 3.8) is 0 Å². The summed E-state index contributed by atoms with van der Waals surface area (Å²) in [5, 5.41) is 6.48. The number of rotatable bonds is 7. The topological polar surface area (TPSA) is 76.7 Å². The van der Waals surface area contributed by atoms with Crippen LogP contribution in [0.15, 0.2) is 18.2 Å². The molecule has 180 valence electrons. The highest BCUT2D eigenvalue weighted by atomic mass is 35.5. The molecule has 8 heteroatoms. The maximum atomic E-state index is 13.5. The minimum absolute atomic E-state index is 0.0136. The van der Waals surface area contributed by atoms with Crippen LogP contribution in [0.2, 0.25) is 5.02 Å². The zero-order valence-electron chi connectivity index (χ0n) is 18.8. The maximum absolute atomic E-state index is 13.5. The van der Waals surface area contributed by atoms with Crippen LogP contribution in [0.1, 0.15) is 57.8 Å². The second-order valence-electron chi connectivity index (χ2n) is 10.4. The lowest BCUT2D eigenvalue weighted by Crippen LogP contribution is -2.53. The molecule has 1 unspecified atom stereocenters. The van der Waals surface area contributed by atoms with Gasteiger partial charge in [-0.1, -0.05) is 30.9 Å². The Morgan fingerprint density at radius 3 is 2.67 bits per heavy atom. The third kappa shape index (κ3) is 4.46. The van der Waals surface area contributed by atoms with Crippen molar-refractivity contribution in [1.82, 2.24) is 10.6 Å². The largest absolute Gasteiger partial charge is 0.484 e. The summed E-state index contributed by atoms with van der Waals surface area (Å²) >= 11 is 5.68. The van der Waals surface area contributed by atoms with Gasteiger partial charge >= 0.3 is 0 Å². The number of nitrogens with one attached hydrogen (secondary N) is 2. The van der Waals surface area contributed by atoms with Crippen molar-refractivity contribution in [2.24, 2.45) is 17.3 Å². The van der Waals surface area contributed by atoms with Crippen LogP contribution in [-0.4, -0.2) is 43.2 Å². The fraction of sp³-hybridized carbons (Fsp3) is 0.680. The lowest BCUT2D eigenvalue weighted by Gasteiger charge is -2.40. The molecule has 6 nitrogen and oxygen atoms in total. The van der Waals surface area contributed by atoms with E-state index in [1.807, 2.05) is 0 Å². The fourth-order valence-corrected chi connectivity index (χ4v) is 6.70. The Kier molecular flexibility index (Phi) is 6.29. The summed E-state index contributed by atoms with van der Waals surface area (Å²) in [6, 6.07) is 4.19. The van der Waals surface area contributed by atoms with E-state index in [4.69, 9.17) is 21.1 Å². The molecule has 1 heterocycles. The van der Waals surface area contributed by atoms with E-state index in [-0.39, 0.29) is 46.2 Å². The van der Waals surface area contributed by atoms with Crippen molar-refractivity contribution < 1.29 is 23.5 Å². The molecule has 5 fully saturated rings. The lowest BCUT2D eigenvalue weighted by atomic mass is 9.67. The molecule has 0 spiro atoms. The summed E-state index contributed by atoms with van der Waals surface area (Å²) in [6.45, 7) is 1.01. The van der Waals surface area contributed by atoms with Gasteiger partial charge in [0.2, 0.25) is 5.91 Å². The number of benzene rings is 1. The average Bonchev–Trinajstić information content (AvgIpc) is 3.49. The van der Waals surface area contributed by atoms with E-state index in [1.165, 1.54) is 37.5 Å². The van der Waals surface area contributed by atoms with E-state index in [0.29, 0.717) is 25.0 Å². The molecule has 6 rings (SSSR count). The SMILES string of the molecule is O=C(COc1ccc(Cl)c(F)c1)NC12CC(C1)[C@@H](NC(=O)C1(C3CCCCC3)CCOC1)C2. The summed E-state index contributed by atoms with van der Waals surface area (Å²) in [5.74, 6) is 0.403. The second-order valence-corrected chi connectivity index (χ2v) is 10.8. The number of amides is 2. The van der Waals surface area contributed by atoms with Crippen LogP contribution in [0.4, 0.5) is 4.39 Å². The van der Waals surface area contributed by atoms with Gasteiger partial charge in [0.1, 0.15) is 11.6 Å². The molecule has 2 amide bonds. The molecule has 4 aliphatic carbocycles. The molecule has 1 aromatic rings. The van der Waals surface area contributed by atoms with Crippen LogP contribution >= 0.6 is 11.6 Å². The summed E-state index contributed by atoms with van der Waals surface area (Å²) in [4.78, 5) is 26.0. The monoisotopic (exact) mass is 478 g/mol. The fourth-order valence-electron chi connectivity index (χ4n) is 6.59. The molecule has 1 aliphatic heterocycles. The molecule has 0 aromatic heterocycles. The first-order valence-electron chi connectivity index (χ1n) is 12.2. The number of halogens is 2. The molecule has 2 N–H and O–H groups in total. The molecule has 33 heavy (non-hydrogen) atoms. The summed E-state index contributed by atoms with van der Waals surface area (Å²) in [6.07, 6.45) is 9.18. The van der Waals surface area contributed by atoms with Crippen LogP contribution in [-0.2, 0) is 14.3 Å². The van der Waals surface area contributed by atoms with Gasteiger partial charge in [-0.05, 0) is 62.5 Å². The van der Waals surface area contributed by atoms with E-state index in [1.54, 1.807) is 0 Å². The van der Waals surface area contributed by atoms with Gasteiger partial charge in [0, 0.05) is 24.3 Å². The number of carbonyl (C=O) groups excluding carboxylic acids is 2. The average molecular weight is 479 g/mol. The van der Waals surface area contributed by atoms with E-state index < -0.39 is 5.82 Å². The standard InChI is InChI=1S/C25H32ClFN2O4/c26-19-7-6-18(10-20(19)27)33-14-22(30)29-24-11-16(12-24)21(13-24)28-23(31)25(8-9-32-15-25)17-4-2-1-3-5-17/h6-7,10,16-17,21H,1-5,8-9,11-15H2,(H,28,31)(H,29,30)/t16?,21-,24?,25?/m0/s1. The summed E-state index contributed by atoms with van der Waals surface area (Å²) < 4.78 is 24.7. The Morgan fingerprint density at radius 2 is 1.97 bits per heavy atom. The predicted octanol–water partition coefficient (Wildman–Crippen LogP) is 4.00. The molecule has 1 saturated heterocycles. The zero-order chi connectivity index (χ0) is 23.1. The minimum Gasteiger partial charge on any atom is -0.484 e. The molecule has 2 bridgehead atoms. The minimum atomic E-state index is -0.581. The smallest absolute Gasteiger partial charge is 0.258 e. The van der Waals surface area contributed by atoms with Crippen LogP contribution in [0, 0.1) is 23.1 Å². The van der Waals surface area contributed by atoms with Crippen LogP contribution in [0.5, 0.6) is 5.75 Å². The highest BCUT2D eigenvalue weighted by Crippen LogP contribution is 2.53. The molecule has 4 saturated carbocycles. The molecular weight excluding hydrogens is 447 g/mol. The Labute approximate surface area is 198 Å². The van der Waals surface area contributed by atoms with Crippen molar-refractivity contribution in [3.8, 4) is 5.75 Å². The molecule has 5 aliphatic rings. The summed E-state index contributed by atoms with van der Waals surface area (Å²) in [7, 11) is 0. The van der Waals surface area contributed by atoms with Gasteiger partial charge in [0.15, 0.2) is 6.61 Å². The third-order valence-corrected chi connectivity index (χ3v) is 8.67. The highest BCUT2D eigenvalue weighted by Gasteiger charge is 2.58. The Hall–Kier alpha value is -1.86. The van der Waals surface area contributed by atoms with E-state index >= 15 is 0 Å². The van der Waals surface area contributed by atoms with Crippen molar-refractivity contribution in [2.75, 3.05) is 19.8 Å². The lowest BCUT2D eigenvalue weighted by molar-refractivity contribution is -0.136. The first-order valence-corrected chi connectivity index (χ1v) is 12.5. The number of fused-ring (bicyclic) bond motifs is 1. The van der Waals surface area contributed by atoms with Crippen molar-refractivity contribution in [2.45, 2.75) is 69.4 Å². The quantitative estimate of drug-likeness (QED) is 0.621. The van der Waals surface area contributed by atoms with Gasteiger partial charge in [0.25, 0.3) is 5.91 Å². The van der Waals surface area contributed by atoms with Gasteiger partial charge < -0.3 is 20.1 Å². The predicted molar refractivity (Wildman–Crippen MR) is 121 cm³/mol. The van der Waals surface area contributed by atoms with E-state index in [2.05, 4.69) is 10.6 Å². The Morgan fingerprint density at radius 1 is 1.18 bits per heavy atom. The first-order chi connectivity index (χ1) is 15.9. The van der Waals surface area contributed by atoms with E-state index in [0.717, 1.165) is 38.5 Å². The van der Waals surface area contributed by atoms with Gasteiger partial charge in [-0.3, -0.25) is 9.59 Å². The molecule has 0 radical (unpaired) electrons. The van der Waals surface area contributed by atoms with Crippen LogP contribution in [0.25, 0.3) is 0 Å². The van der Waals surface area contributed by atoms with Crippen LogP contribution < -0.4 is 15.4 Å². The number of carbonyl (C=O) groups is 2. The van der Waals surface area contributed by atoms with Crippen molar-refractivity contribution in [1.29, 1.82) is 0 Å². The molecular formula is C25H32ClFN2O4. The van der Waals surface area contributed by atoms with Gasteiger partial charge in [-0.2, -0.15) is 0 Å². The van der Waals surface area contributed by atoms with Crippen LogP contribution in [0.3, 0.4) is 0 Å². The van der Waals surface area contributed by atoms with Gasteiger partial charge in [0.05, 0.1) is 17.0 Å². The van der Waals surface area contributed by atoms with Gasteiger partial charge in [-0.25, -0.2) is 4.39 Å². The van der Waals surface area contributed by atoms with E-state index in [9.17, 15) is 14.0 Å². The Balaban J connectivity index is 1.14. The van der Waals surface area contributed by atoms with Gasteiger partial charge in [-0.15, -0.1) is 0 Å². The number of ether oxygens (including phenoxy) is 2. The summed E-state index contributed by atoms with van der Waals surface area (Å²) in [5.41, 5.74) is -0.663. The number of hydrogen-bond donors (Lipinski definition) is 2. The normalized spacial score (nSPS) is 33.4. The zero-order valence-corrected chi connectivity index (χ0v) is 19.6. The number of hydrogen-bond acceptors (Lipinski definition) is 4. The maximum Gasteiger partial charge on any atom is 0.258 e. The first kappa shape index (κ1) is 22.9.